The smallest absolute Gasteiger partial charge is 0.329 e. The van der Waals surface area contributed by atoms with Gasteiger partial charge in [0.05, 0.1) is 0 Å². The molecule has 2 aliphatic carbocycles. The Balaban J connectivity index is 1.92. The predicted octanol–water partition coefficient (Wildman–Crippen LogP) is 0.256. The predicted molar refractivity (Wildman–Crippen MR) is 69.6 cm³/mol. The Kier molecular flexibility index (Phi) is 2.46. The van der Waals surface area contributed by atoms with Crippen molar-refractivity contribution in [3.05, 3.63) is 20.8 Å². The minimum absolute atomic E-state index is 0.214. The number of nitrogen functional groups attached to an aromatic ring is 1. The molecule has 0 aliphatic heterocycles. The molecule has 0 amide bonds. The summed E-state index contributed by atoms with van der Waals surface area (Å²) in [6, 6.07) is 0.324. The molecule has 3 atom stereocenters. The topological polar surface area (TPSA) is 92.9 Å². The molecule has 4 N–H and O–H groups in total. The zero-order chi connectivity index (χ0) is 12.9. The lowest BCUT2D eigenvalue weighted by Crippen LogP contribution is -2.36. The summed E-state index contributed by atoms with van der Waals surface area (Å²) >= 11 is 0. The van der Waals surface area contributed by atoms with Gasteiger partial charge in [0, 0.05) is 13.1 Å². The molecule has 0 spiro atoms. The van der Waals surface area contributed by atoms with Gasteiger partial charge in [-0.1, -0.05) is 6.42 Å². The summed E-state index contributed by atoms with van der Waals surface area (Å²) in [5.74, 6) is 1.65. The van der Waals surface area contributed by atoms with E-state index < -0.39 is 11.2 Å². The van der Waals surface area contributed by atoms with E-state index in [1.165, 1.54) is 23.8 Å². The Labute approximate surface area is 104 Å². The molecule has 2 fully saturated rings. The summed E-state index contributed by atoms with van der Waals surface area (Å²) in [6.45, 7) is 0. The number of rotatable bonds is 2. The summed E-state index contributed by atoms with van der Waals surface area (Å²) in [4.78, 5) is 25.4. The van der Waals surface area contributed by atoms with E-state index in [1.807, 2.05) is 0 Å². The van der Waals surface area contributed by atoms with Crippen LogP contribution in [0.15, 0.2) is 9.59 Å². The Bertz CT molecular complexity index is 589. The van der Waals surface area contributed by atoms with Crippen LogP contribution in [0.25, 0.3) is 0 Å². The van der Waals surface area contributed by atoms with Gasteiger partial charge in [-0.15, -0.1) is 0 Å². The van der Waals surface area contributed by atoms with Crippen molar-refractivity contribution in [3.63, 3.8) is 0 Å². The number of aromatic amines is 1. The minimum Gasteiger partial charge on any atom is -0.383 e. The molecule has 0 radical (unpaired) electrons. The minimum atomic E-state index is -0.476. The third-order valence-corrected chi connectivity index (χ3v) is 4.44. The number of nitrogens with zero attached hydrogens (tertiary/aromatic N) is 1. The standard InChI is InChI=1S/C12H18N4O2/c1-16-10(13)9(11(17)15-12(16)18)14-8-5-6-2-3-7(8)4-6/h6-8,14H,2-5,13H2,1H3,(H,15,17,18). The highest BCUT2D eigenvalue weighted by Crippen LogP contribution is 2.45. The monoisotopic (exact) mass is 250 g/mol. The Morgan fingerprint density at radius 2 is 2.11 bits per heavy atom. The molecule has 1 aromatic rings. The summed E-state index contributed by atoms with van der Waals surface area (Å²) < 4.78 is 1.26. The number of hydrogen-bond donors (Lipinski definition) is 3. The number of nitrogens with one attached hydrogen (secondary N) is 2. The second kappa shape index (κ2) is 3.90. The maximum atomic E-state index is 11.8. The van der Waals surface area contributed by atoms with Crippen molar-refractivity contribution >= 4 is 11.5 Å². The van der Waals surface area contributed by atoms with Crippen LogP contribution >= 0.6 is 0 Å². The molecule has 0 saturated heterocycles. The van der Waals surface area contributed by atoms with Crippen LogP contribution in [0.1, 0.15) is 25.7 Å². The maximum absolute atomic E-state index is 11.8. The van der Waals surface area contributed by atoms with Gasteiger partial charge in [-0.05, 0) is 31.1 Å². The zero-order valence-corrected chi connectivity index (χ0v) is 10.4. The summed E-state index contributed by atoms with van der Waals surface area (Å²) in [5, 5.41) is 3.25. The summed E-state index contributed by atoms with van der Waals surface area (Å²) in [7, 11) is 1.56. The summed E-state index contributed by atoms with van der Waals surface area (Å²) in [5.41, 5.74) is 5.29. The molecule has 1 aromatic heterocycles. The molecule has 1 heterocycles. The van der Waals surface area contributed by atoms with E-state index in [0.29, 0.717) is 17.6 Å². The molecular formula is C12H18N4O2. The zero-order valence-electron chi connectivity index (χ0n) is 10.4. The van der Waals surface area contributed by atoms with Gasteiger partial charge in [-0.3, -0.25) is 14.3 Å². The van der Waals surface area contributed by atoms with Crippen molar-refractivity contribution < 1.29 is 0 Å². The van der Waals surface area contributed by atoms with E-state index >= 15 is 0 Å². The van der Waals surface area contributed by atoms with E-state index in [9.17, 15) is 9.59 Å². The van der Waals surface area contributed by atoms with Crippen LogP contribution in [-0.4, -0.2) is 15.6 Å². The van der Waals surface area contributed by atoms with Crippen molar-refractivity contribution in [2.24, 2.45) is 18.9 Å². The normalized spacial score (nSPS) is 29.7. The van der Waals surface area contributed by atoms with E-state index in [1.54, 1.807) is 7.05 Å². The number of fused-ring (bicyclic) bond motifs is 2. The molecule has 2 aliphatic rings. The second-order valence-electron chi connectivity index (χ2n) is 5.50. The molecule has 3 unspecified atom stereocenters. The first kappa shape index (κ1) is 11.4. The molecule has 98 valence electrons. The van der Waals surface area contributed by atoms with Crippen molar-refractivity contribution in [1.82, 2.24) is 9.55 Å². The first-order chi connectivity index (χ1) is 8.56. The van der Waals surface area contributed by atoms with Gasteiger partial charge in [0.15, 0.2) is 0 Å². The summed E-state index contributed by atoms with van der Waals surface area (Å²) in [6.07, 6.45) is 4.89. The Hall–Kier alpha value is -1.72. The highest BCUT2D eigenvalue weighted by molar-refractivity contribution is 5.61. The van der Waals surface area contributed by atoms with Crippen LogP contribution in [-0.2, 0) is 7.05 Å². The lowest BCUT2D eigenvalue weighted by molar-refractivity contribution is 0.439. The average molecular weight is 250 g/mol. The van der Waals surface area contributed by atoms with Gasteiger partial charge in [0.2, 0.25) is 0 Å². The molecule has 6 heteroatoms. The Morgan fingerprint density at radius 3 is 2.72 bits per heavy atom. The van der Waals surface area contributed by atoms with Gasteiger partial charge in [-0.25, -0.2) is 4.79 Å². The number of aromatic nitrogens is 2. The van der Waals surface area contributed by atoms with Crippen LogP contribution in [0.4, 0.5) is 11.5 Å². The van der Waals surface area contributed by atoms with Gasteiger partial charge in [-0.2, -0.15) is 0 Å². The Morgan fingerprint density at radius 1 is 1.33 bits per heavy atom. The SMILES string of the molecule is Cn1c(N)c(NC2CC3CCC2C3)c(=O)[nH]c1=O. The van der Waals surface area contributed by atoms with Crippen molar-refractivity contribution in [3.8, 4) is 0 Å². The fourth-order valence-electron chi connectivity index (χ4n) is 3.38. The maximum Gasteiger partial charge on any atom is 0.329 e. The van der Waals surface area contributed by atoms with E-state index in [4.69, 9.17) is 5.73 Å². The third-order valence-electron chi connectivity index (χ3n) is 4.44. The third kappa shape index (κ3) is 1.63. The highest BCUT2D eigenvalue weighted by Gasteiger charge is 2.39. The van der Waals surface area contributed by atoms with Crippen LogP contribution in [0.3, 0.4) is 0 Å². The van der Waals surface area contributed by atoms with Crippen molar-refractivity contribution in [2.45, 2.75) is 31.7 Å². The lowest BCUT2D eigenvalue weighted by atomic mass is 9.95. The van der Waals surface area contributed by atoms with Crippen LogP contribution < -0.4 is 22.3 Å². The average Bonchev–Trinajstić information content (AvgIpc) is 2.94. The number of nitrogens with two attached hydrogens (primary N) is 1. The van der Waals surface area contributed by atoms with Crippen molar-refractivity contribution in [2.75, 3.05) is 11.1 Å². The quantitative estimate of drug-likeness (QED) is 0.701. The molecule has 0 aromatic carbocycles. The molecule has 6 nitrogen and oxygen atoms in total. The molecule has 18 heavy (non-hydrogen) atoms. The number of anilines is 2. The van der Waals surface area contributed by atoms with Gasteiger partial charge in [0.1, 0.15) is 11.5 Å². The highest BCUT2D eigenvalue weighted by atomic mass is 16.2. The molecular weight excluding hydrogens is 232 g/mol. The molecule has 2 bridgehead atoms. The van der Waals surface area contributed by atoms with Crippen LogP contribution in [0.5, 0.6) is 0 Å². The van der Waals surface area contributed by atoms with Gasteiger partial charge in [0.25, 0.3) is 5.56 Å². The van der Waals surface area contributed by atoms with E-state index in [2.05, 4.69) is 10.3 Å². The number of H-pyrrole nitrogens is 1. The van der Waals surface area contributed by atoms with Crippen molar-refractivity contribution in [1.29, 1.82) is 0 Å². The van der Waals surface area contributed by atoms with E-state index in [-0.39, 0.29) is 5.82 Å². The molecule has 2 saturated carbocycles. The fourth-order valence-corrected chi connectivity index (χ4v) is 3.38. The first-order valence-corrected chi connectivity index (χ1v) is 6.41. The van der Waals surface area contributed by atoms with Gasteiger partial charge < -0.3 is 11.1 Å². The lowest BCUT2D eigenvalue weighted by Gasteiger charge is -2.24. The first-order valence-electron chi connectivity index (χ1n) is 6.41. The fraction of sp³-hybridized carbons (Fsp3) is 0.667. The van der Waals surface area contributed by atoms with Crippen LogP contribution in [0, 0.1) is 11.8 Å². The molecule has 3 rings (SSSR count). The van der Waals surface area contributed by atoms with Crippen LogP contribution in [0.2, 0.25) is 0 Å². The van der Waals surface area contributed by atoms with E-state index in [0.717, 1.165) is 12.3 Å². The second-order valence-corrected chi connectivity index (χ2v) is 5.50. The largest absolute Gasteiger partial charge is 0.383 e. The van der Waals surface area contributed by atoms with Gasteiger partial charge >= 0.3 is 5.69 Å². The number of hydrogen-bond acceptors (Lipinski definition) is 4.